The van der Waals surface area contributed by atoms with Crippen LogP contribution in [0.3, 0.4) is 0 Å². The summed E-state index contributed by atoms with van der Waals surface area (Å²) in [6.45, 7) is 23.7. The normalized spacial score (nSPS) is 38.7. The van der Waals surface area contributed by atoms with Gasteiger partial charge in [0.2, 0.25) is 0 Å². The predicted molar refractivity (Wildman–Crippen MR) is 171 cm³/mol. The molecule has 238 valence electrons. The second-order valence-corrected chi connectivity index (χ2v) is 17.9. The first-order valence-electron chi connectivity index (χ1n) is 16.7. The quantitative estimate of drug-likeness (QED) is 0.288. The van der Waals surface area contributed by atoms with Gasteiger partial charge < -0.3 is 4.74 Å². The molecule has 4 aliphatic carbocycles. The lowest BCUT2D eigenvalue weighted by Crippen LogP contribution is -2.58. The Hall–Kier alpha value is -2.22. The van der Waals surface area contributed by atoms with Crippen LogP contribution in [0.1, 0.15) is 140 Å². The van der Waals surface area contributed by atoms with Gasteiger partial charge in [-0.1, -0.05) is 67.0 Å². The summed E-state index contributed by atoms with van der Waals surface area (Å²) in [6.07, 6.45) is 12.6. The highest BCUT2D eigenvalue weighted by Gasteiger charge is 2.63. The third-order valence-corrected chi connectivity index (χ3v) is 12.9. The number of nitrogens with zero attached hydrogens (tertiary/aromatic N) is 1. The fourth-order valence-electron chi connectivity index (χ4n) is 10.1. The Morgan fingerprint density at radius 2 is 1.65 bits per heavy atom. The van der Waals surface area contributed by atoms with Gasteiger partial charge in [0.1, 0.15) is 11.7 Å². The summed E-state index contributed by atoms with van der Waals surface area (Å²) < 4.78 is 5.73. The van der Waals surface area contributed by atoms with E-state index in [-0.39, 0.29) is 50.7 Å². The molecular weight excluding hydrogens is 534 g/mol. The second kappa shape index (κ2) is 10.7. The lowest BCUT2D eigenvalue weighted by molar-refractivity contribution is -0.156. The van der Waals surface area contributed by atoms with Crippen LogP contribution >= 0.6 is 0 Å². The molecule has 5 nitrogen and oxygen atoms in total. The summed E-state index contributed by atoms with van der Waals surface area (Å²) in [4.78, 5) is 39.8. The van der Waals surface area contributed by atoms with Crippen molar-refractivity contribution in [2.24, 2.45) is 44.3 Å². The molecule has 0 N–H and O–H groups in total. The van der Waals surface area contributed by atoms with E-state index >= 15 is 0 Å². The zero-order valence-corrected chi connectivity index (χ0v) is 29.0. The van der Waals surface area contributed by atoms with Gasteiger partial charge in [0.05, 0.1) is 5.57 Å². The molecule has 0 aromatic heterocycles. The van der Waals surface area contributed by atoms with E-state index in [1.54, 1.807) is 0 Å². The summed E-state index contributed by atoms with van der Waals surface area (Å²) in [5.41, 5.74) is -0.534. The minimum Gasteiger partial charge on any atom is -0.460 e. The van der Waals surface area contributed by atoms with E-state index in [1.807, 2.05) is 46.8 Å². The molecule has 0 radical (unpaired) electrons. The van der Waals surface area contributed by atoms with E-state index in [0.29, 0.717) is 18.8 Å². The molecule has 1 unspecified atom stereocenters. The average molecular weight is 592 g/mol. The number of allylic oxidation sites excluding steroid dienone is 4. The van der Waals surface area contributed by atoms with E-state index < -0.39 is 16.4 Å². The van der Waals surface area contributed by atoms with E-state index in [9.17, 15) is 19.6 Å². The number of Topliss-reactive ketones (excluding diaryl/α,β-unsaturated/α-hetero) is 1. The van der Waals surface area contributed by atoms with Gasteiger partial charge in [-0.2, -0.15) is 5.26 Å². The van der Waals surface area contributed by atoms with Crippen LogP contribution in [0.5, 0.6) is 0 Å². The molecule has 0 amide bonds. The zero-order valence-electron chi connectivity index (χ0n) is 29.0. The topological polar surface area (TPSA) is 84.2 Å². The number of fused-ring (bicyclic) bond motifs is 3. The van der Waals surface area contributed by atoms with Gasteiger partial charge in [-0.3, -0.25) is 14.4 Å². The van der Waals surface area contributed by atoms with Crippen LogP contribution in [0.25, 0.3) is 0 Å². The van der Waals surface area contributed by atoms with Gasteiger partial charge in [0.15, 0.2) is 11.6 Å². The van der Waals surface area contributed by atoms with Crippen molar-refractivity contribution >= 4 is 17.5 Å². The van der Waals surface area contributed by atoms with Crippen LogP contribution in [-0.4, -0.2) is 23.1 Å². The fraction of sp³-hybridized carbons (Fsp3) is 0.789. The third-order valence-electron chi connectivity index (χ3n) is 12.9. The van der Waals surface area contributed by atoms with Gasteiger partial charge in [0, 0.05) is 23.7 Å². The number of ether oxygens (including phenoxy) is 1. The summed E-state index contributed by atoms with van der Waals surface area (Å²) in [7, 11) is 0. The monoisotopic (exact) mass is 591 g/mol. The summed E-state index contributed by atoms with van der Waals surface area (Å²) in [5.74, 6) is 0.455. The predicted octanol–water partition coefficient (Wildman–Crippen LogP) is 9.11. The highest BCUT2D eigenvalue weighted by molar-refractivity contribution is 6.04. The molecular formula is C38H57NO4. The maximum atomic E-state index is 13.6. The molecule has 6 atom stereocenters. The SMILES string of the molecule is CC1CC(C)(C)CC[C@]1(CCC(=O)OC(C)(C)C)CC[C@]1(C)CC(=O)C=C2[C@@]3(C)C=C(C#N)C(=O)C(C)(C)[C@@H]3CC[C@]21C. The number of rotatable bonds is 6. The van der Waals surface area contributed by atoms with Crippen molar-refractivity contribution in [3.63, 3.8) is 0 Å². The van der Waals surface area contributed by atoms with Crippen molar-refractivity contribution in [3.8, 4) is 6.07 Å². The molecule has 0 aromatic rings. The van der Waals surface area contributed by atoms with Gasteiger partial charge in [-0.25, -0.2) is 0 Å². The Bertz CT molecular complexity index is 1290. The molecule has 0 saturated heterocycles. The average Bonchev–Trinajstić information content (AvgIpc) is 2.86. The third kappa shape index (κ3) is 5.82. The van der Waals surface area contributed by atoms with Crippen molar-refractivity contribution in [1.29, 1.82) is 5.26 Å². The number of ketones is 2. The largest absolute Gasteiger partial charge is 0.460 e. The van der Waals surface area contributed by atoms with Crippen molar-refractivity contribution in [3.05, 3.63) is 23.3 Å². The zero-order chi connectivity index (χ0) is 32.4. The fourth-order valence-corrected chi connectivity index (χ4v) is 10.1. The van der Waals surface area contributed by atoms with Crippen LogP contribution in [-0.2, 0) is 19.1 Å². The van der Waals surface area contributed by atoms with Crippen LogP contribution in [0, 0.1) is 55.7 Å². The number of nitriles is 1. The highest BCUT2D eigenvalue weighted by atomic mass is 16.6. The maximum absolute atomic E-state index is 13.6. The Kier molecular flexibility index (Phi) is 8.38. The van der Waals surface area contributed by atoms with E-state index in [0.717, 1.165) is 56.9 Å². The molecule has 43 heavy (non-hydrogen) atoms. The Morgan fingerprint density at radius 3 is 2.23 bits per heavy atom. The summed E-state index contributed by atoms with van der Waals surface area (Å²) in [6, 6.07) is 2.19. The highest BCUT2D eigenvalue weighted by Crippen LogP contribution is 2.69. The molecule has 0 aromatic carbocycles. The number of hydrogen-bond donors (Lipinski definition) is 0. The Labute approximate surface area is 261 Å². The van der Waals surface area contributed by atoms with Crippen LogP contribution < -0.4 is 0 Å². The van der Waals surface area contributed by atoms with Crippen LogP contribution in [0.4, 0.5) is 0 Å². The molecule has 5 heteroatoms. The standard InChI is InChI=1S/C38H57NO4/c1-25-21-33(5,6)16-18-38(25,15-13-30(41)43-32(2,3)4)19-17-35(9)23-27(40)20-29-36(10)22-26(24-39)31(42)34(7,8)28(36)12-14-37(29,35)11/h20,22,25,28H,12-19,21,23H2,1-11H3/t25?,28-,35+,36-,37+,38+/m0/s1. The number of hydrogen-bond acceptors (Lipinski definition) is 5. The van der Waals surface area contributed by atoms with E-state index in [2.05, 4.69) is 47.6 Å². The molecule has 4 aliphatic rings. The van der Waals surface area contributed by atoms with Crippen molar-refractivity contribution in [2.45, 2.75) is 146 Å². The Morgan fingerprint density at radius 1 is 1.00 bits per heavy atom. The number of esters is 1. The first-order valence-corrected chi connectivity index (χ1v) is 16.7. The Balaban J connectivity index is 1.68. The van der Waals surface area contributed by atoms with Gasteiger partial charge in [-0.15, -0.1) is 0 Å². The molecule has 0 heterocycles. The summed E-state index contributed by atoms with van der Waals surface area (Å²) in [5, 5.41) is 9.93. The van der Waals surface area contributed by atoms with Crippen molar-refractivity contribution < 1.29 is 19.1 Å². The lowest BCUT2D eigenvalue weighted by atomic mass is 9.40. The van der Waals surface area contributed by atoms with Gasteiger partial charge in [-0.05, 0) is 112 Å². The number of carbonyl (C=O) groups excluding carboxylic acids is 3. The maximum Gasteiger partial charge on any atom is 0.306 e. The van der Waals surface area contributed by atoms with Gasteiger partial charge >= 0.3 is 5.97 Å². The minimum atomic E-state index is -0.663. The first-order chi connectivity index (χ1) is 19.5. The molecule has 4 rings (SSSR count). The molecule has 2 fully saturated rings. The first kappa shape index (κ1) is 33.7. The minimum absolute atomic E-state index is 0.0183. The molecule has 0 bridgehead atoms. The van der Waals surface area contributed by atoms with Crippen molar-refractivity contribution in [1.82, 2.24) is 0 Å². The van der Waals surface area contributed by atoms with Crippen LogP contribution in [0.2, 0.25) is 0 Å². The second-order valence-electron chi connectivity index (χ2n) is 17.9. The van der Waals surface area contributed by atoms with Crippen LogP contribution in [0.15, 0.2) is 23.3 Å². The smallest absolute Gasteiger partial charge is 0.306 e. The van der Waals surface area contributed by atoms with Gasteiger partial charge in [0.25, 0.3) is 0 Å². The molecule has 2 saturated carbocycles. The molecule has 0 spiro atoms. The van der Waals surface area contributed by atoms with E-state index in [1.165, 1.54) is 0 Å². The van der Waals surface area contributed by atoms with E-state index in [4.69, 9.17) is 4.74 Å². The summed E-state index contributed by atoms with van der Waals surface area (Å²) >= 11 is 0. The van der Waals surface area contributed by atoms with Crippen molar-refractivity contribution in [2.75, 3.05) is 0 Å². The molecule has 0 aliphatic heterocycles. The lowest BCUT2D eigenvalue weighted by Gasteiger charge is -2.63. The number of carbonyl (C=O) groups is 3.